The van der Waals surface area contributed by atoms with Gasteiger partial charge in [0.05, 0.1) is 12.2 Å². The van der Waals surface area contributed by atoms with Crippen LogP contribution in [0.2, 0.25) is 0 Å². The molecule has 0 amide bonds. The van der Waals surface area contributed by atoms with Crippen LogP contribution in [-0.2, 0) is 0 Å². The first-order valence-electron chi connectivity index (χ1n) is 4.91. The first-order chi connectivity index (χ1) is 5.58. The van der Waals surface area contributed by atoms with Gasteiger partial charge in [0, 0.05) is 5.41 Å². The summed E-state index contributed by atoms with van der Waals surface area (Å²) in [6.07, 6.45) is 4.77. The molecule has 2 nitrogen and oxygen atoms in total. The summed E-state index contributed by atoms with van der Waals surface area (Å²) < 4.78 is 0. The third-order valence-electron chi connectivity index (χ3n) is 3.68. The predicted octanol–water partition coefficient (Wildman–Crippen LogP) is 1.70. The molecular weight excluding hydrogens is 152 g/mol. The Morgan fingerprint density at radius 3 is 2.17 bits per heavy atom. The van der Waals surface area contributed by atoms with Crippen LogP contribution in [0.5, 0.6) is 0 Å². The van der Waals surface area contributed by atoms with Crippen molar-refractivity contribution in [2.75, 3.05) is 6.61 Å². The monoisotopic (exact) mass is 172 g/mol. The number of hydrogen-bond acceptors (Lipinski definition) is 2. The van der Waals surface area contributed by atoms with Gasteiger partial charge in [0.2, 0.25) is 0 Å². The zero-order valence-electron chi connectivity index (χ0n) is 8.14. The maximum Gasteiger partial charge on any atom is 0.0722 e. The van der Waals surface area contributed by atoms with Crippen molar-refractivity contribution < 1.29 is 10.2 Å². The van der Waals surface area contributed by atoms with E-state index in [1.807, 2.05) is 13.8 Å². The summed E-state index contributed by atoms with van der Waals surface area (Å²) in [7, 11) is 0. The van der Waals surface area contributed by atoms with Crippen LogP contribution in [0.15, 0.2) is 0 Å². The van der Waals surface area contributed by atoms with E-state index in [4.69, 9.17) is 0 Å². The van der Waals surface area contributed by atoms with Gasteiger partial charge in [-0.05, 0) is 19.3 Å². The second-order valence-corrected chi connectivity index (χ2v) is 4.31. The van der Waals surface area contributed by atoms with E-state index in [-0.39, 0.29) is 12.0 Å². The fourth-order valence-corrected chi connectivity index (χ4v) is 2.15. The molecule has 0 aliphatic heterocycles. The maximum absolute atomic E-state index is 10.3. The Labute approximate surface area is 74.6 Å². The van der Waals surface area contributed by atoms with Crippen LogP contribution in [0.25, 0.3) is 0 Å². The topological polar surface area (TPSA) is 40.5 Å². The third-order valence-corrected chi connectivity index (χ3v) is 3.68. The van der Waals surface area contributed by atoms with Gasteiger partial charge in [-0.2, -0.15) is 0 Å². The van der Waals surface area contributed by atoms with Gasteiger partial charge in [-0.25, -0.2) is 0 Å². The molecule has 0 radical (unpaired) electrons. The van der Waals surface area contributed by atoms with Gasteiger partial charge >= 0.3 is 0 Å². The molecule has 2 heteroatoms. The van der Waals surface area contributed by atoms with Gasteiger partial charge in [-0.15, -0.1) is 0 Å². The summed E-state index contributed by atoms with van der Waals surface area (Å²) in [5.74, 6) is 0. The van der Waals surface area contributed by atoms with Gasteiger partial charge in [0.25, 0.3) is 0 Å². The molecule has 0 spiro atoms. The number of aliphatic hydroxyl groups is 2. The highest BCUT2D eigenvalue weighted by Crippen LogP contribution is 2.45. The molecular formula is C10H20O2. The second-order valence-electron chi connectivity index (χ2n) is 4.31. The van der Waals surface area contributed by atoms with Crippen LogP contribution in [0.1, 0.15) is 46.0 Å². The average Bonchev–Trinajstić information content (AvgIpc) is 2.52. The van der Waals surface area contributed by atoms with Crippen LogP contribution >= 0.6 is 0 Å². The van der Waals surface area contributed by atoms with Gasteiger partial charge in [0.15, 0.2) is 0 Å². The molecule has 1 rings (SSSR count). The zero-order chi connectivity index (χ0) is 9.24. The maximum atomic E-state index is 10.3. The molecule has 0 heterocycles. The van der Waals surface area contributed by atoms with E-state index in [2.05, 4.69) is 0 Å². The smallest absolute Gasteiger partial charge is 0.0722 e. The Kier molecular flexibility index (Phi) is 2.79. The number of rotatable bonds is 3. The minimum Gasteiger partial charge on any atom is -0.396 e. The molecule has 2 N–H and O–H groups in total. The van der Waals surface area contributed by atoms with Gasteiger partial charge in [-0.1, -0.05) is 26.7 Å². The second kappa shape index (κ2) is 3.35. The SMILES string of the molecule is CCC(C)(CO)C1(O)CCCC1. The van der Waals surface area contributed by atoms with Gasteiger partial charge in [0.1, 0.15) is 0 Å². The molecule has 0 aromatic carbocycles. The number of aliphatic hydroxyl groups excluding tert-OH is 1. The minimum atomic E-state index is -0.601. The van der Waals surface area contributed by atoms with Crippen molar-refractivity contribution in [2.24, 2.45) is 5.41 Å². The average molecular weight is 172 g/mol. The van der Waals surface area contributed by atoms with E-state index in [0.29, 0.717) is 0 Å². The Balaban J connectivity index is 2.75. The lowest BCUT2D eigenvalue weighted by molar-refractivity contribution is -0.0972. The quantitative estimate of drug-likeness (QED) is 0.680. The van der Waals surface area contributed by atoms with Crippen molar-refractivity contribution in [1.82, 2.24) is 0 Å². The molecule has 12 heavy (non-hydrogen) atoms. The molecule has 0 saturated heterocycles. The molecule has 1 saturated carbocycles. The van der Waals surface area contributed by atoms with Crippen LogP contribution in [0.4, 0.5) is 0 Å². The summed E-state index contributed by atoms with van der Waals surface area (Å²) in [6.45, 7) is 4.12. The summed E-state index contributed by atoms with van der Waals surface area (Å²) in [4.78, 5) is 0. The first-order valence-corrected chi connectivity index (χ1v) is 4.91. The van der Waals surface area contributed by atoms with E-state index in [1.165, 1.54) is 0 Å². The minimum absolute atomic E-state index is 0.0972. The Bertz CT molecular complexity index is 142. The highest BCUT2D eigenvalue weighted by atomic mass is 16.3. The summed E-state index contributed by atoms with van der Waals surface area (Å²) >= 11 is 0. The van der Waals surface area contributed by atoms with Gasteiger partial charge < -0.3 is 10.2 Å². The Morgan fingerprint density at radius 2 is 1.83 bits per heavy atom. The summed E-state index contributed by atoms with van der Waals surface area (Å²) in [5.41, 5.74) is -0.889. The van der Waals surface area contributed by atoms with E-state index in [9.17, 15) is 10.2 Å². The van der Waals surface area contributed by atoms with Crippen LogP contribution < -0.4 is 0 Å². The Hall–Kier alpha value is -0.0800. The van der Waals surface area contributed by atoms with Crippen LogP contribution in [0, 0.1) is 5.41 Å². The van der Waals surface area contributed by atoms with E-state index in [1.54, 1.807) is 0 Å². The molecule has 1 unspecified atom stereocenters. The molecule has 0 bridgehead atoms. The molecule has 0 aromatic heterocycles. The predicted molar refractivity (Wildman–Crippen MR) is 48.9 cm³/mol. The molecule has 0 aromatic rings. The summed E-state index contributed by atoms with van der Waals surface area (Å²) in [5, 5.41) is 19.5. The van der Waals surface area contributed by atoms with Crippen molar-refractivity contribution in [3.05, 3.63) is 0 Å². The normalized spacial score (nSPS) is 27.0. The fraction of sp³-hybridized carbons (Fsp3) is 1.00. The molecule has 1 atom stereocenters. The first kappa shape index (κ1) is 10.0. The Morgan fingerprint density at radius 1 is 1.33 bits per heavy atom. The lowest BCUT2D eigenvalue weighted by Gasteiger charge is -2.41. The number of hydrogen-bond donors (Lipinski definition) is 2. The lowest BCUT2D eigenvalue weighted by atomic mass is 9.71. The standard InChI is InChI=1S/C10H20O2/c1-3-9(2,8-11)10(12)6-4-5-7-10/h11-12H,3-8H2,1-2H3. The zero-order valence-corrected chi connectivity index (χ0v) is 8.14. The fourth-order valence-electron chi connectivity index (χ4n) is 2.15. The van der Waals surface area contributed by atoms with Crippen LogP contribution in [-0.4, -0.2) is 22.4 Å². The van der Waals surface area contributed by atoms with Crippen molar-refractivity contribution in [2.45, 2.75) is 51.6 Å². The van der Waals surface area contributed by atoms with E-state index < -0.39 is 5.60 Å². The van der Waals surface area contributed by atoms with E-state index in [0.717, 1.165) is 32.1 Å². The van der Waals surface area contributed by atoms with Crippen LogP contribution in [0.3, 0.4) is 0 Å². The molecule has 1 fully saturated rings. The molecule has 1 aliphatic rings. The molecule has 72 valence electrons. The van der Waals surface area contributed by atoms with Crippen molar-refractivity contribution in [3.8, 4) is 0 Å². The van der Waals surface area contributed by atoms with Gasteiger partial charge in [-0.3, -0.25) is 0 Å². The highest BCUT2D eigenvalue weighted by Gasteiger charge is 2.46. The van der Waals surface area contributed by atoms with E-state index >= 15 is 0 Å². The highest BCUT2D eigenvalue weighted by molar-refractivity contribution is 4.98. The summed E-state index contributed by atoms with van der Waals surface area (Å²) in [6, 6.07) is 0. The van der Waals surface area contributed by atoms with Crippen molar-refractivity contribution >= 4 is 0 Å². The lowest BCUT2D eigenvalue weighted by Crippen LogP contribution is -2.46. The largest absolute Gasteiger partial charge is 0.396 e. The van der Waals surface area contributed by atoms with Crippen molar-refractivity contribution in [3.63, 3.8) is 0 Å². The van der Waals surface area contributed by atoms with Crippen molar-refractivity contribution in [1.29, 1.82) is 0 Å². The third kappa shape index (κ3) is 1.38. The molecule has 1 aliphatic carbocycles.